The van der Waals surface area contributed by atoms with Gasteiger partial charge in [0, 0.05) is 12.2 Å². The van der Waals surface area contributed by atoms with Crippen LogP contribution in [0.1, 0.15) is 232 Å². The molecule has 0 saturated carbocycles. The summed E-state index contributed by atoms with van der Waals surface area (Å²) >= 11 is 0. The summed E-state index contributed by atoms with van der Waals surface area (Å²) in [7, 11) is 0. The Morgan fingerprint density at radius 3 is 0.674 bits per heavy atom. The topological polar surface area (TPSA) is 52.6 Å². The Kier molecular flexibility index (Phi) is 38.7. The van der Waals surface area contributed by atoms with Gasteiger partial charge in [0.05, 0.1) is 13.2 Å². The Hall–Kier alpha value is -1.32. The molecule has 0 rings (SSSR count). The van der Waals surface area contributed by atoms with Crippen molar-refractivity contribution in [1.82, 2.24) is 0 Å². The number of carbonyl (C=O) groups is 2. The highest BCUT2D eigenvalue weighted by Gasteiger charge is 2.02. The number of hydrogen-bond donors (Lipinski definition) is 0. The quantitative estimate of drug-likeness (QED) is 0.0380. The molecule has 4 heteroatoms. The van der Waals surface area contributed by atoms with E-state index in [1.807, 2.05) is 0 Å². The Balaban J connectivity index is 3.32. The first-order valence-corrected chi connectivity index (χ1v) is 20.7. The maximum absolute atomic E-state index is 11.8. The number of rotatable bonds is 38. The van der Waals surface area contributed by atoms with Crippen LogP contribution in [0.4, 0.5) is 0 Å². The Bertz CT molecular complexity index is 590. The molecule has 0 aromatic rings. The molecular formula is C42H80O4. The number of unbranched alkanes of at least 4 members (excludes halogenated alkanes) is 32. The van der Waals surface area contributed by atoms with Crippen molar-refractivity contribution >= 4 is 11.9 Å². The summed E-state index contributed by atoms with van der Waals surface area (Å²) in [5, 5.41) is 0. The lowest BCUT2D eigenvalue weighted by Gasteiger charge is -2.04. The van der Waals surface area contributed by atoms with Crippen LogP contribution >= 0.6 is 0 Å². The van der Waals surface area contributed by atoms with Gasteiger partial charge in [0.25, 0.3) is 0 Å². The molecule has 0 aromatic heterocycles. The maximum Gasteiger partial charge on any atom is 0.331 e. The molecule has 0 aliphatic rings. The van der Waals surface area contributed by atoms with E-state index < -0.39 is 11.9 Å². The minimum Gasteiger partial charge on any atom is -0.463 e. The molecule has 0 fully saturated rings. The lowest BCUT2D eigenvalue weighted by atomic mass is 10.0. The van der Waals surface area contributed by atoms with Crippen LogP contribution in [-0.4, -0.2) is 25.2 Å². The Labute approximate surface area is 288 Å². The van der Waals surface area contributed by atoms with E-state index in [0.29, 0.717) is 13.2 Å². The summed E-state index contributed by atoms with van der Waals surface area (Å²) < 4.78 is 10.4. The van der Waals surface area contributed by atoms with Gasteiger partial charge < -0.3 is 9.47 Å². The summed E-state index contributed by atoms with van der Waals surface area (Å²) in [5.74, 6) is -0.905. The van der Waals surface area contributed by atoms with E-state index in [0.717, 1.165) is 25.7 Å². The monoisotopic (exact) mass is 649 g/mol. The number of ether oxygens (including phenoxy) is 2. The van der Waals surface area contributed by atoms with Crippen molar-refractivity contribution in [2.45, 2.75) is 232 Å². The predicted molar refractivity (Wildman–Crippen MR) is 199 cm³/mol. The molecule has 272 valence electrons. The molecule has 0 heterocycles. The normalized spacial score (nSPS) is 11.4. The molecule has 0 bridgehead atoms. The van der Waals surface area contributed by atoms with Gasteiger partial charge in [-0.2, -0.15) is 0 Å². The minimum absolute atomic E-state index is 0.427. The fourth-order valence-electron chi connectivity index (χ4n) is 6.23. The van der Waals surface area contributed by atoms with E-state index in [-0.39, 0.29) is 0 Å². The lowest BCUT2D eigenvalue weighted by Crippen LogP contribution is -2.06. The SMILES string of the molecule is CCCCCCCCCCCCCCCCCCCOC(=O)C=CC(=O)OCCCCCCCCCCCCCCCCCCC. The van der Waals surface area contributed by atoms with E-state index in [2.05, 4.69) is 13.8 Å². The van der Waals surface area contributed by atoms with Crippen LogP contribution in [0.3, 0.4) is 0 Å². The van der Waals surface area contributed by atoms with Gasteiger partial charge in [0.2, 0.25) is 0 Å². The molecule has 46 heavy (non-hydrogen) atoms. The van der Waals surface area contributed by atoms with Gasteiger partial charge in [-0.25, -0.2) is 9.59 Å². The summed E-state index contributed by atoms with van der Waals surface area (Å²) in [6.45, 7) is 5.42. The number of hydrogen-bond acceptors (Lipinski definition) is 4. The van der Waals surface area contributed by atoms with Gasteiger partial charge in [0.15, 0.2) is 0 Å². The lowest BCUT2D eigenvalue weighted by molar-refractivity contribution is -0.140. The molecule has 0 atom stereocenters. The third-order valence-corrected chi connectivity index (χ3v) is 9.34. The Morgan fingerprint density at radius 1 is 0.304 bits per heavy atom. The van der Waals surface area contributed by atoms with Crippen molar-refractivity contribution < 1.29 is 19.1 Å². The number of esters is 2. The van der Waals surface area contributed by atoms with Crippen molar-refractivity contribution in [3.8, 4) is 0 Å². The second-order valence-electron chi connectivity index (χ2n) is 14.0. The van der Waals surface area contributed by atoms with Crippen molar-refractivity contribution in [1.29, 1.82) is 0 Å². The predicted octanol–water partition coefficient (Wildman–Crippen LogP) is 13.9. The number of carbonyl (C=O) groups excluding carboxylic acids is 2. The van der Waals surface area contributed by atoms with Crippen molar-refractivity contribution in [2.75, 3.05) is 13.2 Å². The van der Waals surface area contributed by atoms with Gasteiger partial charge in [-0.05, 0) is 12.8 Å². The highest BCUT2D eigenvalue weighted by Crippen LogP contribution is 2.15. The van der Waals surface area contributed by atoms with E-state index in [1.165, 1.54) is 205 Å². The molecule has 0 radical (unpaired) electrons. The van der Waals surface area contributed by atoms with Gasteiger partial charge in [-0.15, -0.1) is 0 Å². The summed E-state index contributed by atoms with van der Waals surface area (Å²) in [6, 6.07) is 0. The fourth-order valence-corrected chi connectivity index (χ4v) is 6.23. The van der Waals surface area contributed by atoms with Crippen LogP contribution in [0.15, 0.2) is 12.2 Å². The molecule has 0 unspecified atom stereocenters. The zero-order chi connectivity index (χ0) is 33.4. The molecule has 0 spiro atoms. The first-order valence-electron chi connectivity index (χ1n) is 20.7. The van der Waals surface area contributed by atoms with Crippen LogP contribution in [0.5, 0.6) is 0 Å². The zero-order valence-corrected chi connectivity index (χ0v) is 31.2. The van der Waals surface area contributed by atoms with Crippen molar-refractivity contribution in [3.63, 3.8) is 0 Å². The van der Waals surface area contributed by atoms with Crippen molar-refractivity contribution in [3.05, 3.63) is 12.2 Å². The highest BCUT2D eigenvalue weighted by molar-refractivity contribution is 5.91. The van der Waals surface area contributed by atoms with Crippen LogP contribution in [0.2, 0.25) is 0 Å². The molecule has 0 aliphatic carbocycles. The van der Waals surface area contributed by atoms with E-state index in [1.54, 1.807) is 0 Å². The van der Waals surface area contributed by atoms with Crippen LogP contribution in [0, 0.1) is 0 Å². The minimum atomic E-state index is -0.453. The first-order chi connectivity index (χ1) is 22.7. The molecule has 0 aliphatic heterocycles. The summed E-state index contributed by atoms with van der Waals surface area (Å²) in [6.07, 6.45) is 47.7. The van der Waals surface area contributed by atoms with Gasteiger partial charge in [-0.3, -0.25) is 0 Å². The van der Waals surface area contributed by atoms with Crippen LogP contribution in [0.25, 0.3) is 0 Å². The van der Waals surface area contributed by atoms with E-state index in [4.69, 9.17) is 9.47 Å². The highest BCUT2D eigenvalue weighted by atomic mass is 16.5. The second-order valence-corrected chi connectivity index (χ2v) is 14.0. The van der Waals surface area contributed by atoms with Crippen LogP contribution < -0.4 is 0 Å². The average molecular weight is 649 g/mol. The summed E-state index contributed by atoms with van der Waals surface area (Å²) in [5.41, 5.74) is 0. The summed E-state index contributed by atoms with van der Waals surface area (Å²) in [4.78, 5) is 23.7. The molecule has 0 aromatic carbocycles. The van der Waals surface area contributed by atoms with E-state index in [9.17, 15) is 9.59 Å². The standard InChI is InChI=1S/C42H80O4/c1-3-5-7-9-11-13-15-17-19-21-23-25-27-29-31-33-35-39-45-41(43)37-38-42(44)46-40-36-34-32-30-28-26-24-22-20-18-16-14-12-10-8-6-4-2/h37-38H,3-36,39-40H2,1-2H3. The largest absolute Gasteiger partial charge is 0.463 e. The van der Waals surface area contributed by atoms with Gasteiger partial charge >= 0.3 is 11.9 Å². The third-order valence-electron chi connectivity index (χ3n) is 9.34. The first kappa shape index (κ1) is 44.7. The second kappa shape index (κ2) is 39.9. The van der Waals surface area contributed by atoms with Gasteiger partial charge in [0.1, 0.15) is 0 Å². The smallest absolute Gasteiger partial charge is 0.331 e. The van der Waals surface area contributed by atoms with Crippen molar-refractivity contribution in [2.24, 2.45) is 0 Å². The zero-order valence-electron chi connectivity index (χ0n) is 31.2. The molecule has 4 nitrogen and oxygen atoms in total. The fraction of sp³-hybridized carbons (Fsp3) is 0.905. The van der Waals surface area contributed by atoms with Gasteiger partial charge in [-0.1, -0.05) is 219 Å². The van der Waals surface area contributed by atoms with Crippen LogP contribution in [-0.2, 0) is 19.1 Å². The molecule has 0 N–H and O–H groups in total. The molecule has 0 amide bonds. The van der Waals surface area contributed by atoms with E-state index >= 15 is 0 Å². The molecular weight excluding hydrogens is 568 g/mol. The third kappa shape index (κ3) is 38.9. The Morgan fingerprint density at radius 2 is 0.478 bits per heavy atom. The maximum atomic E-state index is 11.8. The average Bonchev–Trinajstić information content (AvgIpc) is 3.06. The molecule has 0 saturated heterocycles.